The molecule has 0 saturated heterocycles. The molecule has 2 amide bonds. The summed E-state index contributed by atoms with van der Waals surface area (Å²) in [6, 6.07) is 3.64. The molecule has 0 atom stereocenters. The van der Waals surface area contributed by atoms with Gasteiger partial charge in [-0.2, -0.15) is 0 Å². The highest BCUT2D eigenvalue weighted by atomic mass is 32.1. The second-order valence-corrected chi connectivity index (χ2v) is 7.26. The van der Waals surface area contributed by atoms with Crippen LogP contribution in [0.15, 0.2) is 17.5 Å². The maximum atomic E-state index is 12.4. The van der Waals surface area contributed by atoms with Crippen molar-refractivity contribution in [2.75, 3.05) is 11.9 Å². The topological polar surface area (TPSA) is 58.2 Å². The van der Waals surface area contributed by atoms with Crippen LogP contribution in [-0.4, -0.2) is 18.4 Å². The lowest BCUT2D eigenvalue weighted by molar-refractivity contribution is 0.0956. The lowest BCUT2D eigenvalue weighted by Gasteiger charge is -2.12. The maximum absolute atomic E-state index is 12.4. The molecule has 0 spiro atoms. The summed E-state index contributed by atoms with van der Waals surface area (Å²) in [5, 5.41) is 8.37. The molecule has 0 aliphatic heterocycles. The minimum absolute atomic E-state index is 0.0802. The number of fused-ring (bicyclic) bond motifs is 1. The first-order valence-corrected chi connectivity index (χ1v) is 9.18. The number of thiophene rings is 2. The zero-order valence-corrected chi connectivity index (χ0v) is 14.0. The number of nitrogens with one attached hydrogen (secondary N) is 2. The van der Waals surface area contributed by atoms with Gasteiger partial charge in [-0.1, -0.05) is 6.07 Å². The molecule has 4 nitrogen and oxygen atoms in total. The molecule has 0 bridgehead atoms. The lowest BCUT2D eigenvalue weighted by Crippen LogP contribution is -2.25. The molecule has 0 radical (unpaired) electrons. The number of carbonyl (C=O) groups is 2. The van der Waals surface area contributed by atoms with Gasteiger partial charge in [0.2, 0.25) is 0 Å². The number of rotatable bonds is 4. The molecule has 6 heteroatoms. The summed E-state index contributed by atoms with van der Waals surface area (Å²) in [4.78, 5) is 26.6. The predicted molar refractivity (Wildman–Crippen MR) is 91.2 cm³/mol. The van der Waals surface area contributed by atoms with Crippen LogP contribution in [0.2, 0.25) is 0 Å². The van der Waals surface area contributed by atoms with Crippen LogP contribution in [0.3, 0.4) is 0 Å². The van der Waals surface area contributed by atoms with Crippen molar-refractivity contribution >= 4 is 39.5 Å². The Labute approximate surface area is 137 Å². The Bertz CT molecular complexity index is 689. The average Bonchev–Trinajstić information content (AvgIpc) is 3.14. The summed E-state index contributed by atoms with van der Waals surface area (Å²) in [5.41, 5.74) is 1.80. The molecular formula is C16H18N2O2S2. The monoisotopic (exact) mass is 334 g/mol. The van der Waals surface area contributed by atoms with Crippen molar-refractivity contribution < 1.29 is 9.59 Å². The molecule has 0 aromatic carbocycles. The molecule has 116 valence electrons. The summed E-state index contributed by atoms with van der Waals surface area (Å²) in [6.07, 6.45) is 4.18. The summed E-state index contributed by atoms with van der Waals surface area (Å²) in [7, 11) is 0. The van der Waals surface area contributed by atoms with Gasteiger partial charge in [-0.15, -0.1) is 22.7 Å². The van der Waals surface area contributed by atoms with Crippen molar-refractivity contribution in [2.45, 2.75) is 32.6 Å². The summed E-state index contributed by atoms with van der Waals surface area (Å²) < 4.78 is 0. The minimum Gasteiger partial charge on any atom is -0.352 e. The van der Waals surface area contributed by atoms with Crippen molar-refractivity contribution in [1.29, 1.82) is 0 Å². The van der Waals surface area contributed by atoms with E-state index in [4.69, 9.17) is 0 Å². The van der Waals surface area contributed by atoms with Gasteiger partial charge in [0.05, 0.1) is 10.4 Å². The SMILES string of the molecule is CCNC(=O)c1c(NC(=O)c2cccs2)sc2c1CCCC2. The minimum atomic E-state index is -0.140. The van der Waals surface area contributed by atoms with E-state index in [0.29, 0.717) is 22.0 Å². The maximum Gasteiger partial charge on any atom is 0.266 e. The smallest absolute Gasteiger partial charge is 0.266 e. The Balaban J connectivity index is 1.94. The van der Waals surface area contributed by atoms with Gasteiger partial charge in [-0.25, -0.2) is 0 Å². The van der Waals surface area contributed by atoms with Gasteiger partial charge in [0.15, 0.2) is 0 Å². The zero-order valence-electron chi connectivity index (χ0n) is 12.4. The second kappa shape index (κ2) is 6.62. The van der Waals surface area contributed by atoms with Crippen LogP contribution in [-0.2, 0) is 12.8 Å². The Morgan fingerprint density at radius 3 is 2.77 bits per heavy atom. The fraction of sp³-hybridized carbons (Fsp3) is 0.375. The molecule has 0 saturated carbocycles. The van der Waals surface area contributed by atoms with Gasteiger partial charge in [0, 0.05) is 11.4 Å². The molecule has 2 aromatic heterocycles. The molecule has 2 aromatic rings. The molecular weight excluding hydrogens is 316 g/mol. The first-order chi connectivity index (χ1) is 10.7. The van der Waals surface area contributed by atoms with Crippen LogP contribution in [0.4, 0.5) is 5.00 Å². The number of aryl methyl sites for hydroxylation is 1. The van der Waals surface area contributed by atoms with E-state index in [-0.39, 0.29) is 11.8 Å². The van der Waals surface area contributed by atoms with Gasteiger partial charge in [-0.3, -0.25) is 9.59 Å². The fourth-order valence-corrected chi connectivity index (χ4v) is 4.62. The zero-order chi connectivity index (χ0) is 15.5. The standard InChI is InChI=1S/C16H18N2O2S2/c1-2-17-15(20)13-10-6-3-4-7-11(10)22-16(13)18-14(19)12-8-5-9-21-12/h5,8-9H,2-4,6-7H2,1H3,(H,17,20)(H,18,19). The van der Waals surface area contributed by atoms with Crippen LogP contribution in [0.5, 0.6) is 0 Å². The van der Waals surface area contributed by atoms with E-state index < -0.39 is 0 Å². The molecule has 22 heavy (non-hydrogen) atoms. The van der Waals surface area contributed by atoms with Gasteiger partial charge >= 0.3 is 0 Å². The third kappa shape index (κ3) is 2.94. The Kier molecular flexibility index (Phi) is 4.59. The number of carbonyl (C=O) groups excluding carboxylic acids is 2. The van der Waals surface area contributed by atoms with E-state index >= 15 is 0 Å². The number of amides is 2. The Hall–Kier alpha value is -1.66. The third-order valence-electron chi connectivity index (χ3n) is 3.71. The van der Waals surface area contributed by atoms with Crippen LogP contribution >= 0.6 is 22.7 Å². The highest BCUT2D eigenvalue weighted by molar-refractivity contribution is 7.17. The Morgan fingerprint density at radius 1 is 1.23 bits per heavy atom. The Morgan fingerprint density at radius 2 is 2.05 bits per heavy atom. The van der Waals surface area contributed by atoms with Crippen LogP contribution in [0.1, 0.15) is 50.2 Å². The van der Waals surface area contributed by atoms with E-state index in [1.165, 1.54) is 16.2 Å². The fourth-order valence-electron chi connectivity index (χ4n) is 2.72. The molecule has 1 aliphatic carbocycles. The summed E-state index contributed by atoms with van der Waals surface area (Å²) >= 11 is 2.96. The van der Waals surface area contributed by atoms with Crippen LogP contribution in [0, 0.1) is 0 Å². The van der Waals surface area contributed by atoms with Gasteiger partial charge in [0.1, 0.15) is 5.00 Å². The molecule has 2 N–H and O–H groups in total. The second-order valence-electron chi connectivity index (χ2n) is 5.21. The average molecular weight is 334 g/mol. The molecule has 3 rings (SSSR count). The molecule has 2 heterocycles. The van der Waals surface area contributed by atoms with Gasteiger partial charge in [0.25, 0.3) is 11.8 Å². The highest BCUT2D eigenvalue weighted by Crippen LogP contribution is 2.38. The number of hydrogen-bond acceptors (Lipinski definition) is 4. The normalized spacial score (nSPS) is 13.5. The third-order valence-corrected chi connectivity index (χ3v) is 5.78. The summed E-state index contributed by atoms with van der Waals surface area (Å²) in [5.74, 6) is -0.220. The largest absolute Gasteiger partial charge is 0.352 e. The highest BCUT2D eigenvalue weighted by Gasteiger charge is 2.26. The molecule has 0 fully saturated rings. The van der Waals surface area contributed by atoms with E-state index in [0.717, 1.165) is 31.2 Å². The first-order valence-electron chi connectivity index (χ1n) is 7.48. The van der Waals surface area contributed by atoms with Crippen molar-refractivity contribution in [1.82, 2.24) is 5.32 Å². The predicted octanol–water partition coefficient (Wildman–Crippen LogP) is 3.69. The molecule has 0 unspecified atom stereocenters. The van der Waals surface area contributed by atoms with Gasteiger partial charge in [-0.05, 0) is 49.6 Å². The van der Waals surface area contributed by atoms with E-state index in [1.807, 2.05) is 18.4 Å². The van der Waals surface area contributed by atoms with Crippen molar-refractivity contribution in [3.05, 3.63) is 38.4 Å². The summed E-state index contributed by atoms with van der Waals surface area (Å²) in [6.45, 7) is 2.49. The van der Waals surface area contributed by atoms with E-state index in [1.54, 1.807) is 17.4 Å². The quantitative estimate of drug-likeness (QED) is 0.896. The van der Waals surface area contributed by atoms with Crippen molar-refractivity contribution in [2.24, 2.45) is 0 Å². The van der Waals surface area contributed by atoms with Crippen molar-refractivity contribution in [3.8, 4) is 0 Å². The van der Waals surface area contributed by atoms with E-state index in [9.17, 15) is 9.59 Å². The van der Waals surface area contributed by atoms with E-state index in [2.05, 4.69) is 10.6 Å². The van der Waals surface area contributed by atoms with Crippen molar-refractivity contribution in [3.63, 3.8) is 0 Å². The van der Waals surface area contributed by atoms with Crippen LogP contribution in [0.25, 0.3) is 0 Å². The van der Waals surface area contributed by atoms with Gasteiger partial charge < -0.3 is 10.6 Å². The first kappa shape index (κ1) is 15.2. The molecule has 1 aliphatic rings. The number of hydrogen-bond donors (Lipinski definition) is 2. The van der Waals surface area contributed by atoms with Crippen LogP contribution < -0.4 is 10.6 Å². The lowest BCUT2D eigenvalue weighted by atomic mass is 9.95. The number of anilines is 1.